The van der Waals surface area contributed by atoms with E-state index in [1.165, 1.54) is 12.8 Å². The topological polar surface area (TPSA) is 59.0 Å². The van der Waals surface area contributed by atoms with Gasteiger partial charge in [-0.05, 0) is 45.4 Å². The van der Waals surface area contributed by atoms with Crippen LogP contribution in [0.15, 0.2) is 6.20 Å². The first-order valence-electron chi connectivity index (χ1n) is 8.07. The number of nitrogens with zero attached hydrogens (tertiary/aromatic N) is 2. The number of rotatable bonds is 4. The van der Waals surface area contributed by atoms with E-state index < -0.39 is 0 Å². The molecular weight excluding hydrogens is 300 g/mol. The second kappa shape index (κ2) is 7.01. The summed E-state index contributed by atoms with van der Waals surface area (Å²) in [5.74, 6) is 0.725. The van der Waals surface area contributed by atoms with Gasteiger partial charge in [-0.1, -0.05) is 0 Å². The van der Waals surface area contributed by atoms with Crippen LogP contribution in [0.5, 0.6) is 0 Å². The maximum Gasteiger partial charge on any atom is 0.220 e. The van der Waals surface area contributed by atoms with Gasteiger partial charge in [-0.2, -0.15) is 5.10 Å². The molecular formula is C16H27ClN4O. The second-order valence-electron chi connectivity index (χ2n) is 6.78. The Bertz CT molecular complexity index is 518. The molecule has 6 heteroatoms. The van der Waals surface area contributed by atoms with Crippen molar-refractivity contribution in [1.82, 2.24) is 20.4 Å². The number of carbonyl (C=O) groups excluding carboxylic acids is 1. The van der Waals surface area contributed by atoms with Crippen LogP contribution in [0, 0.1) is 12.8 Å². The van der Waals surface area contributed by atoms with Crippen molar-refractivity contribution >= 4 is 18.3 Å². The monoisotopic (exact) mass is 326 g/mol. The van der Waals surface area contributed by atoms with E-state index in [4.69, 9.17) is 0 Å². The predicted octanol–water partition coefficient (Wildman–Crippen LogP) is 2.25. The number of aromatic nitrogens is 2. The van der Waals surface area contributed by atoms with Gasteiger partial charge in [0.15, 0.2) is 0 Å². The van der Waals surface area contributed by atoms with Crippen molar-refractivity contribution in [3.8, 4) is 0 Å². The Morgan fingerprint density at radius 2 is 2.09 bits per heavy atom. The Morgan fingerprint density at radius 1 is 1.45 bits per heavy atom. The predicted molar refractivity (Wildman–Crippen MR) is 89.0 cm³/mol. The van der Waals surface area contributed by atoms with Gasteiger partial charge in [0.2, 0.25) is 5.91 Å². The Balaban J connectivity index is 0.00000176. The highest BCUT2D eigenvalue weighted by atomic mass is 35.5. The van der Waals surface area contributed by atoms with Gasteiger partial charge in [-0.25, -0.2) is 0 Å². The highest BCUT2D eigenvalue weighted by molar-refractivity contribution is 5.85. The van der Waals surface area contributed by atoms with E-state index in [-0.39, 0.29) is 24.4 Å². The van der Waals surface area contributed by atoms with Gasteiger partial charge >= 0.3 is 0 Å². The number of aryl methyl sites for hydroxylation is 1. The van der Waals surface area contributed by atoms with E-state index in [1.54, 1.807) is 0 Å². The normalized spacial score (nSPS) is 28.0. The molecule has 1 aromatic heterocycles. The zero-order valence-electron chi connectivity index (χ0n) is 13.6. The molecule has 2 aliphatic heterocycles. The lowest BCUT2D eigenvalue weighted by molar-refractivity contribution is -0.122. The number of hydrogen-bond donors (Lipinski definition) is 2. The molecule has 3 heterocycles. The quantitative estimate of drug-likeness (QED) is 0.892. The summed E-state index contributed by atoms with van der Waals surface area (Å²) in [7, 11) is 1.93. The van der Waals surface area contributed by atoms with Gasteiger partial charge in [0, 0.05) is 36.8 Å². The van der Waals surface area contributed by atoms with Crippen LogP contribution in [0.25, 0.3) is 0 Å². The van der Waals surface area contributed by atoms with E-state index in [0.29, 0.717) is 24.4 Å². The van der Waals surface area contributed by atoms with Crippen LogP contribution in [-0.2, 0) is 11.8 Å². The van der Waals surface area contributed by atoms with Crippen molar-refractivity contribution in [1.29, 1.82) is 0 Å². The van der Waals surface area contributed by atoms with Crippen molar-refractivity contribution in [3.63, 3.8) is 0 Å². The Morgan fingerprint density at radius 3 is 2.64 bits per heavy atom. The molecule has 2 fully saturated rings. The summed E-state index contributed by atoms with van der Waals surface area (Å²) < 4.78 is 1.85. The molecule has 0 aliphatic carbocycles. The maximum absolute atomic E-state index is 12.3. The summed E-state index contributed by atoms with van der Waals surface area (Å²) in [6.07, 6.45) is 7.40. The zero-order chi connectivity index (χ0) is 15.0. The molecule has 3 atom stereocenters. The van der Waals surface area contributed by atoms with Crippen LogP contribution in [0.1, 0.15) is 56.3 Å². The average Bonchev–Trinajstić information content (AvgIpc) is 2.93. The van der Waals surface area contributed by atoms with Gasteiger partial charge in [-0.15, -0.1) is 12.4 Å². The number of nitrogens with one attached hydrogen (secondary N) is 2. The molecule has 2 saturated heterocycles. The number of hydrogen-bond acceptors (Lipinski definition) is 3. The van der Waals surface area contributed by atoms with Crippen LogP contribution in [0.4, 0.5) is 0 Å². The van der Waals surface area contributed by atoms with Crippen LogP contribution in [-0.4, -0.2) is 27.8 Å². The van der Waals surface area contributed by atoms with E-state index >= 15 is 0 Å². The Kier molecular flexibility index (Phi) is 5.50. The van der Waals surface area contributed by atoms with Crippen LogP contribution in [0.2, 0.25) is 0 Å². The maximum atomic E-state index is 12.3. The first-order valence-corrected chi connectivity index (χ1v) is 8.07. The molecule has 1 aromatic rings. The van der Waals surface area contributed by atoms with Crippen molar-refractivity contribution in [2.75, 3.05) is 0 Å². The lowest BCUT2D eigenvalue weighted by atomic mass is 9.89. The molecule has 2 aliphatic rings. The van der Waals surface area contributed by atoms with E-state index in [2.05, 4.69) is 15.7 Å². The molecule has 0 aromatic carbocycles. The van der Waals surface area contributed by atoms with E-state index in [9.17, 15) is 4.79 Å². The third-order valence-electron chi connectivity index (χ3n) is 5.16. The summed E-state index contributed by atoms with van der Waals surface area (Å²) in [6, 6.07) is 1.34. The SMILES string of the molecule is Cc1c(C(C)NC(=O)CC2CC3CCC(C2)N3)cnn1C.Cl. The molecule has 2 N–H and O–H groups in total. The van der Waals surface area contributed by atoms with Crippen molar-refractivity contribution < 1.29 is 4.79 Å². The standard InChI is InChI=1S/C16H26N4O.ClH/c1-10(15-9-17-20(3)11(15)2)18-16(21)8-12-6-13-4-5-14(7-12)19-13;/h9-10,12-14,19H,4-8H2,1-3H3,(H,18,21);1H. The van der Waals surface area contributed by atoms with Gasteiger partial charge in [0.05, 0.1) is 12.2 Å². The third-order valence-corrected chi connectivity index (χ3v) is 5.16. The van der Waals surface area contributed by atoms with Crippen LogP contribution in [0.3, 0.4) is 0 Å². The Labute approximate surface area is 138 Å². The lowest BCUT2D eigenvalue weighted by Crippen LogP contribution is -2.40. The van der Waals surface area contributed by atoms with Crippen LogP contribution < -0.4 is 10.6 Å². The first kappa shape index (κ1) is 17.3. The van der Waals surface area contributed by atoms with Crippen LogP contribution >= 0.6 is 12.4 Å². The summed E-state index contributed by atoms with van der Waals surface area (Å²) in [5.41, 5.74) is 2.22. The molecule has 0 saturated carbocycles. The number of piperidine rings is 1. The molecule has 3 unspecified atom stereocenters. The molecule has 5 nitrogen and oxygen atoms in total. The minimum atomic E-state index is 0. The van der Waals surface area contributed by atoms with Gasteiger partial charge in [0.1, 0.15) is 0 Å². The summed E-state index contributed by atoms with van der Waals surface area (Å²) in [4.78, 5) is 12.3. The van der Waals surface area contributed by atoms with Gasteiger partial charge < -0.3 is 10.6 Å². The molecule has 1 amide bonds. The van der Waals surface area contributed by atoms with E-state index in [0.717, 1.165) is 24.1 Å². The molecule has 0 spiro atoms. The third kappa shape index (κ3) is 3.63. The fourth-order valence-corrected chi connectivity index (χ4v) is 3.92. The van der Waals surface area contributed by atoms with E-state index in [1.807, 2.05) is 31.8 Å². The number of halogens is 1. The highest BCUT2D eigenvalue weighted by Crippen LogP contribution is 2.32. The smallest absolute Gasteiger partial charge is 0.220 e. The number of fused-ring (bicyclic) bond motifs is 2. The van der Waals surface area contributed by atoms with Crippen molar-refractivity contribution in [2.45, 2.75) is 64.1 Å². The highest BCUT2D eigenvalue weighted by Gasteiger charge is 2.34. The zero-order valence-corrected chi connectivity index (χ0v) is 14.4. The summed E-state index contributed by atoms with van der Waals surface area (Å²) >= 11 is 0. The molecule has 124 valence electrons. The first-order chi connectivity index (χ1) is 10.0. The number of carbonyl (C=O) groups is 1. The van der Waals surface area contributed by atoms with Crippen molar-refractivity contribution in [2.24, 2.45) is 13.0 Å². The minimum Gasteiger partial charge on any atom is -0.349 e. The average molecular weight is 327 g/mol. The Hall–Kier alpha value is -1.07. The minimum absolute atomic E-state index is 0. The lowest BCUT2D eigenvalue weighted by Gasteiger charge is -2.29. The van der Waals surface area contributed by atoms with Gasteiger partial charge in [0.25, 0.3) is 0 Å². The molecule has 22 heavy (non-hydrogen) atoms. The fraction of sp³-hybridized carbons (Fsp3) is 0.750. The molecule has 0 radical (unpaired) electrons. The fourth-order valence-electron chi connectivity index (χ4n) is 3.92. The number of amides is 1. The van der Waals surface area contributed by atoms with Crippen molar-refractivity contribution in [3.05, 3.63) is 17.5 Å². The second-order valence-corrected chi connectivity index (χ2v) is 6.78. The molecule has 2 bridgehead atoms. The summed E-state index contributed by atoms with van der Waals surface area (Å²) in [6.45, 7) is 4.07. The largest absolute Gasteiger partial charge is 0.349 e. The molecule has 3 rings (SSSR count). The summed E-state index contributed by atoms with van der Waals surface area (Å²) in [5, 5.41) is 11.0. The van der Waals surface area contributed by atoms with Gasteiger partial charge in [-0.3, -0.25) is 9.48 Å².